The van der Waals surface area contributed by atoms with Crippen molar-refractivity contribution in [2.45, 2.75) is 80.3 Å². The maximum atomic E-state index is 14.0. The van der Waals surface area contributed by atoms with Crippen molar-refractivity contribution in [2.75, 3.05) is 35.6 Å². The van der Waals surface area contributed by atoms with Gasteiger partial charge in [-0.2, -0.15) is 0 Å². The van der Waals surface area contributed by atoms with Gasteiger partial charge < -0.3 is 65.7 Å². The van der Waals surface area contributed by atoms with E-state index in [1.807, 2.05) is 0 Å². The molecule has 3 amide bonds. The second kappa shape index (κ2) is 25.9. The normalized spacial score (nSPS) is 13.6. The van der Waals surface area contributed by atoms with E-state index < -0.39 is 57.6 Å². The molecule has 0 fully saturated rings. The highest BCUT2D eigenvalue weighted by Gasteiger charge is 2.45. The predicted molar refractivity (Wildman–Crippen MR) is 293 cm³/mol. The minimum Gasteiger partial charge on any atom is -0.507 e. The standard InChI is InChI=1S/C58H67N9O9/c59-34-10-7-31-56(62,50(71)43-13-1-4-16-46(43)68)53(74)65-40-25-19-37(20-26-40)49(38-21-27-41(28-22-38)66-54(75)57(63,32-8-11-35-60)51(72)44-14-2-5-17-47(44)69)39-23-29-42(30-24-39)67-55(76)58(64,33-9-12-36-61)52(73)45-15-3-6-18-48(45)70/h1-6,13-30,49,68-70H,7-12,31-36,59-64H2,(H,65,74)(H,66,75)(H,67,76)/t56-,57-,58-/m0/s1. The quantitative estimate of drug-likeness (QED) is 0.0123. The largest absolute Gasteiger partial charge is 0.507 e. The Labute approximate surface area is 441 Å². The Bertz CT molecular complexity index is 2690. The monoisotopic (exact) mass is 1030 g/mol. The Morgan fingerprint density at radius 1 is 0.368 bits per heavy atom. The first-order valence-corrected chi connectivity index (χ1v) is 25.1. The molecule has 0 unspecified atom stereocenters. The molecule has 76 heavy (non-hydrogen) atoms. The molecule has 0 saturated carbocycles. The lowest BCUT2D eigenvalue weighted by atomic mass is 9.83. The Kier molecular flexibility index (Phi) is 19.5. The average molecular weight is 1030 g/mol. The molecule has 6 aromatic rings. The van der Waals surface area contributed by atoms with E-state index in [9.17, 15) is 44.1 Å². The van der Waals surface area contributed by atoms with Crippen molar-refractivity contribution in [2.24, 2.45) is 34.4 Å². The lowest BCUT2D eigenvalue weighted by Gasteiger charge is -2.28. The molecule has 18 heteroatoms. The molecule has 3 atom stereocenters. The fourth-order valence-electron chi connectivity index (χ4n) is 8.93. The second-order valence-electron chi connectivity index (χ2n) is 18.9. The third kappa shape index (κ3) is 13.2. The van der Waals surface area contributed by atoms with Gasteiger partial charge in [-0.15, -0.1) is 0 Å². The van der Waals surface area contributed by atoms with Gasteiger partial charge in [0.05, 0.1) is 16.7 Å². The van der Waals surface area contributed by atoms with E-state index in [-0.39, 0.29) is 53.2 Å². The maximum Gasteiger partial charge on any atom is 0.252 e. The van der Waals surface area contributed by atoms with Crippen molar-refractivity contribution in [3.05, 3.63) is 179 Å². The zero-order valence-corrected chi connectivity index (χ0v) is 42.2. The molecule has 0 saturated heterocycles. The second-order valence-corrected chi connectivity index (χ2v) is 18.9. The van der Waals surface area contributed by atoms with Crippen molar-refractivity contribution >= 4 is 52.1 Å². The number of hydrogen-bond donors (Lipinski definition) is 12. The van der Waals surface area contributed by atoms with Crippen LogP contribution in [-0.2, 0) is 14.4 Å². The van der Waals surface area contributed by atoms with E-state index in [0.717, 1.165) is 0 Å². The topological polar surface area (TPSA) is 355 Å². The molecule has 0 radical (unpaired) electrons. The summed E-state index contributed by atoms with van der Waals surface area (Å²) in [6.45, 7) is 0.951. The molecule has 6 aromatic carbocycles. The number of carbonyl (C=O) groups is 6. The van der Waals surface area contributed by atoms with Gasteiger partial charge in [-0.05, 0) is 167 Å². The molecule has 6 rings (SSSR count). The van der Waals surface area contributed by atoms with Crippen molar-refractivity contribution in [1.82, 2.24) is 0 Å². The lowest BCUT2D eigenvalue weighted by molar-refractivity contribution is -0.120. The Hall–Kier alpha value is -8.10. The minimum atomic E-state index is -2.06. The van der Waals surface area contributed by atoms with Crippen molar-refractivity contribution in [3.63, 3.8) is 0 Å². The number of unbranched alkanes of at least 4 members (excludes halogenated alkanes) is 3. The van der Waals surface area contributed by atoms with Crippen molar-refractivity contribution in [3.8, 4) is 17.2 Å². The summed E-state index contributed by atoms with van der Waals surface area (Å²) in [5.41, 5.74) is 33.7. The number of para-hydroxylation sites is 3. The summed E-state index contributed by atoms with van der Waals surface area (Å²) in [6.07, 6.45) is 2.46. The van der Waals surface area contributed by atoms with Gasteiger partial charge in [-0.25, -0.2) is 0 Å². The van der Waals surface area contributed by atoms with E-state index in [1.54, 1.807) is 109 Å². The van der Waals surface area contributed by atoms with Crippen LogP contribution in [0, 0.1) is 0 Å². The number of nitrogens with two attached hydrogens (primary N) is 6. The van der Waals surface area contributed by atoms with Crippen LogP contribution in [0.3, 0.4) is 0 Å². The molecule has 0 bridgehead atoms. The number of Topliss-reactive ketones (excluding diaryl/α,β-unsaturated/α-hetero) is 3. The summed E-state index contributed by atoms with van der Waals surface area (Å²) in [5.74, 6) is -6.13. The van der Waals surface area contributed by atoms with Crippen LogP contribution in [0.4, 0.5) is 17.1 Å². The summed E-state index contributed by atoms with van der Waals surface area (Å²) in [6, 6.07) is 38.1. The van der Waals surface area contributed by atoms with Crippen LogP contribution in [0.2, 0.25) is 0 Å². The molecule has 398 valence electrons. The van der Waals surface area contributed by atoms with Gasteiger partial charge in [0.25, 0.3) is 17.7 Å². The number of anilines is 3. The number of phenols is 3. The third-order valence-electron chi connectivity index (χ3n) is 13.5. The number of hydrogen-bond acceptors (Lipinski definition) is 15. The van der Waals surface area contributed by atoms with Gasteiger partial charge in [0, 0.05) is 23.0 Å². The zero-order chi connectivity index (χ0) is 55.0. The smallest absolute Gasteiger partial charge is 0.252 e. The Balaban J connectivity index is 1.33. The fraction of sp³-hybridized carbons (Fsp3) is 0.276. The molecular formula is C58H67N9O9. The molecule has 0 aliphatic carbocycles. The highest BCUT2D eigenvalue weighted by atomic mass is 16.3. The number of benzene rings is 6. The predicted octanol–water partition coefficient (Wildman–Crippen LogP) is 5.93. The highest BCUT2D eigenvalue weighted by Crippen LogP contribution is 2.36. The number of amides is 3. The molecule has 0 aromatic heterocycles. The van der Waals surface area contributed by atoms with Gasteiger partial charge >= 0.3 is 0 Å². The van der Waals surface area contributed by atoms with Gasteiger partial charge in [0.1, 0.15) is 17.2 Å². The zero-order valence-electron chi connectivity index (χ0n) is 42.2. The van der Waals surface area contributed by atoms with Crippen LogP contribution in [-0.4, -0.2) is 86.6 Å². The Morgan fingerprint density at radius 3 is 0.829 bits per heavy atom. The van der Waals surface area contributed by atoms with Crippen LogP contribution in [0.25, 0.3) is 0 Å². The first-order chi connectivity index (χ1) is 36.4. The summed E-state index contributed by atoms with van der Waals surface area (Å²) in [4.78, 5) is 83.6. The van der Waals surface area contributed by atoms with E-state index in [1.165, 1.54) is 36.4 Å². The number of rotatable bonds is 27. The van der Waals surface area contributed by atoms with Crippen molar-refractivity contribution in [1.29, 1.82) is 0 Å². The van der Waals surface area contributed by atoms with Crippen LogP contribution >= 0.6 is 0 Å². The van der Waals surface area contributed by atoms with Crippen LogP contribution in [0.5, 0.6) is 17.2 Å². The summed E-state index contributed by atoms with van der Waals surface area (Å²) >= 11 is 0. The maximum absolute atomic E-state index is 14.0. The molecule has 18 nitrogen and oxygen atoms in total. The molecule has 0 aliphatic rings. The van der Waals surface area contributed by atoms with Crippen LogP contribution in [0.1, 0.15) is 111 Å². The SMILES string of the molecule is NCCCC[C@@](N)(C(=O)Nc1ccc(C(c2ccc(NC(=O)[C@](N)(CCCCN)C(=O)c3ccccc3O)cc2)c2ccc(NC(=O)[C@](N)(CCCCN)C(=O)c3ccccc3O)cc2)cc1)C(=O)c1ccccc1O. The Morgan fingerprint density at radius 2 is 0.605 bits per heavy atom. The summed E-state index contributed by atoms with van der Waals surface area (Å²) in [7, 11) is 0. The van der Waals surface area contributed by atoms with Gasteiger partial charge in [-0.3, -0.25) is 28.8 Å². The number of phenolic OH excluding ortho intramolecular Hbond substituents is 3. The first-order valence-electron chi connectivity index (χ1n) is 25.1. The van der Waals surface area contributed by atoms with Gasteiger partial charge in [0.15, 0.2) is 34.0 Å². The number of ketones is 3. The van der Waals surface area contributed by atoms with E-state index in [0.29, 0.717) is 91.9 Å². The lowest BCUT2D eigenvalue weighted by Crippen LogP contribution is -2.57. The van der Waals surface area contributed by atoms with Crippen molar-refractivity contribution < 1.29 is 44.1 Å². The van der Waals surface area contributed by atoms with E-state index in [4.69, 9.17) is 34.4 Å². The molecule has 0 aliphatic heterocycles. The average Bonchev–Trinajstić information content (AvgIpc) is 3.42. The molecular weight excluding hydrogens is 967 g/mol. The number of nitrogens with one attached hydrogen (secondary N) is 3. The first kappa shape index (κ1) is 57.2. The molecule has 18 N–H and O–H groups in total. The van der Waals surface area contributed by atoms with E-state index in [2.05, 4.69) is 16.0 Å². The summed E-state index contributed by atoms with van der Waals surface area (Å²) < 4.78 is 0. The number of aromatic hydroxyl groups is 3. The van der Waals surface area contributed by atoms with Crippen LogP contribution in [0.15, 0.2) is 146 Å². The fourth-order valence-corrected chi connectivity index (χ4v) is 8.93. The third-order valence-corrected chi connectivity index (χ3v) is 13.5. The number of carbonyl (C=O) groups excluding carboxylic acids is 6. The highest BCUT2D eigenvalue weighted by molar-refractivity contribution is 6.23. The van der Waals surface area contributed by atoms with E-state index >= 15 is 0 Å². The van der Waals surface area contributed by atoms with Gasteiger partial charge in [0.2, 0.25) is 0 Å². The minimum absolute atomic E-state index is 0.0444. The van der Waals surface area contributed by atoms with Gasteiger partial charge in [-0.1, -0.05) is 72.8 Å². The molecule has 0 spiro atoms. The molecule has 0 heterocycles. The summed E-state index contributed by atoms with van der Waals surface area (Å²) in [5, 5.41) is 39.9. The van der Waals surface area contributed by atoms with Crippen LogP contribution < -0.4 is 50.4 Å².